The molecule has 4 aromatic rings. The molecule has 3 heterocycles. The number of halogens is 1. The Morgan fingerprint density at radius 3 is 2.58 bits per heavy atom. The highest BCUT2D eigenvalue weighted by Crippen LogP contribution is 2.33. The van der Waals surface area contributed by atoms with Crippen LogP contribution in [0.15, 0.2) is 66.9 Å². The Morgan fingerprint density at radius 2 is 1.87 bits per heavy atom. The van der Waals surface area contributed by atoms with Gasteiger partial charge in [-0.05, 0) is 54.8 Å². The van der Waals surface area contributed by atoms with Crippen molar-refractivity contribution < 1.29 is 19.1 Å². The zero-order chi connectivity index (χ0) is 26.6. The van der Waals surface area contributed by atoms with Gasteiger partial charge in [-0.15, -0.1) is 11.3 Å². The second kappa shape index (κ2) is 11.3. The molecule has 2 amide bonds. The minimum atomic E-state index is -0.580. The van der Waals surface area contributed by atoms with Crippen LogP contribution in [0.4, 0.5) is 5.95 Å². The Hall–Kier alpha value is -3.82. The van der Waals surface area contributed by atoms with Crippen LogP contribution in [0.1, 0.15) is 18.4 Å². The molecule has 5 rings (SSSR count). The molecule has 0 aliphatic carbocycles. The van der Waals surface area contributed by atoms with Crippen LogP contribution in [-0.2, 0) is 16.0 Å². The van der Waals surface area contributed by atoms with E-state index in [4.69, 9.17) is 26.1 Å². The van der Waals surface area contributed by atoms with Gasteiger partial charge in [-0.3, -0.25) is 19.5 Å². The summed E-state index contributed by atoms with van der Waals surface area (Å²) >= 11 is 7.56. The van der Waals surface area contributed by atoms with Crippen molar-refractivity contribution in [3.63, 3.8) is 0 Å². The Labute approximate surface area is 229 Å². The molecule has 0 saturated carbocycles. The molecule has 1 unspecified atom stereocenters. The largest absolute Gasteiger partial charge is 0.493 e. The van der Waals surface area contributed by atoms with Gasteiger partial charge in [-0.2, -0.15) is 0 Å². The van der Waals surface area contributed by atoms with E-state index in [9.17, 15) is 9.59 Å². The number of likely N-dealkylation sites (tertiary alicyclic amines) is 1. The summed E-state index contributed by atoms with van der Waals surface area (Å²) in [4.78, 5) is 34.0. The maximum atomic E-state index is 13.5. The van der Waals surface area contributed by atoms with Gasteiger partial charge in [-0.1, -0.05) is 35.9 Å². The second-order valence-corrected chi connectivity index (χ2v) is 10.6. The standard InChI is InChI=1S/C28H27ClN4O4S/c1-36-22-11-10-18(15-23(22)37-2)16-26(34)32-14-6-9-21(32)27(35)31-28-30-20(24-12-13-25(29)38-24)17-33(28)19-7-4-3-5-8-19/h3-5,7-8,10-13,15,17,21H,6,9,14,16H2,1-2H3,(H,30,31,35). The Bertz CT molecular complexity index is 1450. The van der Waals surface area contributed by atoms with Crippen molar-refractivity contribution >= 4 is 40.7 Å². The van der Waals surface area contributed by atoms with E-state index < -0.39 is 6.04 Å². The number of rotatable bonds is 8. The van der Waals surface area contributed by atoms with E-state index in [0.717, 1.165) is 22.5 Å². The molecule has 1 aliphatic heterocycles. The first kappa shape index (κ1) is 25.8. The van der Waals surface area contributed by atoms with Crippen LogP contribution in [-0.4, -0.2) is 53.1 Å². The van der Waals surface area contributed by atoms with Crippen molar-refractivity contribution in [2.45, 2.75) is 25.3 Å². The third kappa shape index (κ3) is 5.39. The Balaban J connectivity index is 1.36. The van der Waals surface area contributed by atoms with Crippen molar-refractivity contribution in [3.8, 4) is 27.8 Å². The number of nitrogens with one attached hydrogen (secondary N) is 1. The van der Waals surface area contributed by atoms with E-state index in [1.54, 1.807) is 31.3 Å². The molecule has 1 aliphatic rings. The Kier molecular flexibility index (Phi) is 7.67. The topological polar surface area (TPSA) is 85.7 Å². The zero-order valence-corrected chi connectivity index (χ0v) is 22.6. The number of benzene rings is 2. The molecule has 1 N–H and O–H groups in total. The van der Waals surface area contributed by atoms with Gasteiger partial charge in [0.2, 0.25) is 17.8 Å². The molecule has 0 spiro atoms. The minimum Gasteiger partial charge on any atom is -0.493 e. The lowest BCUT2D eigenvalue weighted by Gasteiger charge is -2.24. The highest BCUT2D eigenvalue weighted by Gasteiger charge is 2.34. The molecular weight excluding hydrogens is 524 g/mol. The number of amides is 2. The van der Waals surface area contributed by atoms with Crippen LogP contribution in [0.5, 0.6) is 11.5 Å². The van der Waals surface area contributed by atoms with E-state index in [1.165, 1.54) is 11.3 Å². The highest BCUT2D eigenvalue weighted by molar-refractivity contribution is 7.19. The number of hydrogen-bond acceptors (Lipinski definition) is 6. The summed E-state index contributed by atoms with van der Waals surface area (Å²) in [7, 11) is 3.12. The maximum absolute atomic E-state index is 13.5. The van der Waals surface area contributed by atoms with Gasteiger partial charge in [0.15, 0.2) is 11.5 Å². The average Bonchev–Trinajstić information content (AvgIpc) is 3.69. The molecular formula is C28H27ClN4O4S. The van der Waals surface area contributed by atoms with Gasteiger partial charge < -0.3 is 14.4 Å². The van der Waals surface area contributed by atoms with E-state index in [1.807, 2.05) is 59.3 Å². The van der Waals surface area contributed by atoms with Gasteiger partial charge in [0, 0.05) is 18.4 Å². The van der Waals surface area contributed by atoms with Crippen molar-refractivity contribution in [3.05, 3.63) is 76.8 Å². The van der Waals surface area contributed by atoms with Crippen molar-refractivity contribution in [2.24, 2.45) is 0 Å². The van der Waals surface area contributed by atoms with Gasteiger partial charge in [0.25, 0.3) is 0 Å². The molecule has 0 bridgehead atoms. The van der Waals surface area contributed by atoms with Crippen LogP contribution in [0.2, 0.25) is 4.34 Å². The lowest BCUT2D eigenvalue weighted by Crippen LogP contribution is -2.44. The fraction of sp³-hybridized carbons (Fsp3) is 0.250. The summed E-state index contributed by atoms with van der Waals surface area (Å²) < 4.78 is 13.1. The van der Waals surface area contributed by atoms with Gasteiger partial charge in [0.05, 0.1) is 29.9 Å². The average molecular weight is 551 g/mol. The smallest absolute Gasteiger partial charge is 0.249 e. The van der Waals surface area contributed by atoms with Crippen LogP contribution >= 0.6 is 22.9 Å². The molecule has 10 heteroatoms. The highest BCUT2D eigenvalue weighted by atomic mass is 35.5. The van der Waals surface area contributed by atoms with Crippen LogP contribution < -0.4 is 14.8 Å². The van der Waals surface area contributed by atoms with E-state index in [-0.39, 0.29) is 18.2 Å². The molecule has 2 aromatic carbocycles. The number of methoxy groups -OCH3 is 2. The monoisotopic (exact) mass is 550 g/mol. The number of hydrogen-bond donors (Lipinski definition) is 1. The van der Waals surface area contributed by atoms with Crippen molar-refractivity contribution in [1.29, 1.82) is 0 Å². The summed E-state index contributed by atoms with van der Waals surface area (Å²) in [6, 6.07) is 18.2. The normalized spacial score (nSPS) is 14.9. The first-order chi connectivity index (χ1) is 18.5. The first-order valence-electron chi connectivity index (χ1n) is 12.2. The van der Waals surface area contributed by atoms with Crippen LogP contribution in [0, 0.1) is 0 Å². The number of nitrogens with zero attached hydrogens (tertiary/aromatic N) is 3. The lowest BCUT2D eigenvalue weighted by atomic mass is 10.1. The SMILES string of the molecule is COc1ccc(CC(=O)N2CCCC2C(=O)Nc2nc(-c3ccc(Cl)s3)cn2-c2ccccc2)cc1OC. The number of thiophene rings is 1. The number of ether oxygens (including phenoxy) is 2. The van der Waals surface area contributed by atoms with Crippen molar-refractivity contribution in [2.75, 3.05) is 26.1 Å². The number of anilines is 1. The summed E-state index contributed by atoms with van der Waals surface area (Å²) in [6.07, 6.45) is 3.37. The fourth-order valence-electron chi connectivity index (χ4n) is 4.62. The predicted molar refractivity (Wildman–Crippen MR) is 149 cm³/mol. The minimum absolute atomic E-state index is 0.116. The zero-order valence-electron chi connectivity index (χ0n) is 21.0. The maximum Gasteiger partial charge on any atom is 0.249 e. The van der Waals surface area contributed by atoms with Gasteiger partial charge in [0.1, 0.15) is 11.7 Å². The summed E-state index contributed by atoms with van der Waals surface area (Å²) in [5.41, 5.74) is 2.35. The van der Waals surface area contributed by atoms with Gasteiger partial charge >= 0.3 is 0 Å². The molecule has 38 heavy (non-hydrogen) atoms. The quantitative estimate of drug-likeness (QED) is 0.315. The molecule has 0 radical (unpaired) electrons. The van der Waals surface area contributed by atoms with E-state index >= 15 is 0 Å². The number of carbonyl (C=O) groups excluding carboxylic acids is 2. The summed E-state index contributed by atoms with van der Waals surface area (Å²) in [6.45, 7) is 0.524. The van der Waals surface area contributed by atoms with Crippen LogP contribution in [0.3, 0.4) is 0 Å². The summed E-state index contributed by atoms with van der Waals surface area (Å²) in [5, 5.41) is 2.98. The third-order valence-corrected chi connectivity index (χ3v) is 7.73. The lowest BCUT2D eigenvalue weighted by molar-refractivity contribution is -0.136. The first-order valence-corrected chi connectivity index (χ1v) is 13.4. The predicted octanol–water partition coefficient (Wildman–Crippen LogP) is 5.44. The van der Waals surface area contributed by atoms with Gasteiger partial charge in [-0.25, -0.2) is 4.98 Å². The molecule has 8 nitrogen and oxygen atoms in total. The number of imidazole rings is 1. The summed E-state index contributed by atoms with van der Waals surface area (Å²) in [5.74, 6) is 1.17. The van der Waals surface area contributed by atoms with E-state index in [2.05, 4.69) is 5.32 Å². The molecule has 2 aromatic heterocycles. The second-order valence-electron chi connectivity index (χ2n) is 8.86. The Morgan fingerprint density at radius 1 is 1.08 bits per heavy atom. The molecule has 1 atom stereocenters. The molecule has 1 saturated heterocycles. The van der Waals surface area contributed by atoms with Crippen molar-refractivity contribution in [1.82, 2.24) is 14.5 Å². The van der Waals surface area contributed by atoms with E-state index in [0.29, 0.717) is 40.4 Å². The number of aromatic nitrogens is 2. The fourth-order valence-corrected chi connectivity index (χ4v) is 5.62. The van der Waals surface area contributed by atoms with Crippen LogP contribution in [0.25, 0.3) is 16.3 Å². The molecule has 1 fully saturated rings. The number of carbonyl (C=O) groups is 2. The molecule has 196 valence electrons. The third-order valence-electron chi connectivity index (χ3n) is 6.48. The number of para-hydroxylation sites is 1.